The third-order valence-electron chi connectivity index (χ3n) is 3.18. The molecule has 0 saturated carbocycles. The summed E-state index contributed by atoms with van der Waals surface area (Å²) in [5.74, 6) is 0.0466. The molecule has 0 fully saturated rings. The minimum absolute atomic E-state index is 0.130. The molecule has 7 heteroatoms. The summed E-state index contributed by atoms with van der Waals surface area (Å²) in [4.78, 5) is 15.8. The number of benzene rings is 1. The number of nitrogens with one attached hydrogen (secondary N) is 1. The molecule has 0 radical (unpaired) electrons. The maximum Gasteiger partial charge on any atom is 0.358 e. The van der Waals surface area contributed by atoms with Gasteiger partial charge in [0.1, 0.15) is 16.9 Å². The van der Waals surface area contributed by atoms with Crippen molar-refractivity contribution in [2.24, 2.45) is 0 Å². The van der Waals surface area contributed by atoms with Gasteiger partial charge >= 0.3 is 5.97 Å². The molecular formula is C16H14N4O2S. The predicted molar refractivity (Wildman–Crippen MR) is 87.4 cm³/mol. The zero-order chi connectivity index (χ0) is 16.1. The minimum atomic E-state index is -0.511. The molecule has 1 unspecified atom stereocenters. The summed E-state index contributed by atoms with van der Waals surface area (Å²) in [6.07, 6.45) is 1.77. The van der Waals surface area contributed by atoms with Gasteiger partial charge in [-0.25, -0.2) is 9.78 Å². The lowest BCUT2D eigenvalue weighted by Crippen LogP contribution is -2.14. The van der Waals surface area contributed by atoms with Crippen LogP contribution in [0.25, 0.3) is 0 Å². The van der Waals surface area contributed by atoms with Crippen molar-refractivity contribution in [3.63, 3.8) is 0 Å². The lowest BCUT2D eigenvalue weighted by Gasteiger charge is -2.17. The Hall–Kier alpha value is -2.80. The summed E-state index contributed by atoms with van der Waals surface area (Å²) in [5, 5.41) is 14.1. The van der Waals surface area contributed by atoms with Crippen LogP contribution in [0.2, 0.25) is 0 Å². The number of hydrogen-bond acceptors (Lipinski definition) is 7. The number of esters is 1. The van der Waals surface area contributed by atoms with Crippen molar-refractivity contribution in [2.45, 2.75) is 6.04 Å². The van der Waals surface area contributed by atoms with Crippen molar-refractivity contribution in [1.29, 1.82) is 0 Å². The van der Waals surface area contributed by atoms with E-state index in [2.05, 4.69) is 25.2 Å². The van der Waals surface area contributed by atoms with E-state index >= 15 is 0 Å². The molecular weight excluding hydrogens is 312 g/mol. The van der Waals surface area contributed by atoms with E-state index in [1.165, 1.54) is 7.11 Å². The van der Waals surface area contributed by atoms with Gasteiger partial charge in [-0.05, 0) is 17.7 Å². The summed E-state index contributed by atoms with van der Waals surface area (Å²) in [6, 6.07) is 13.1. The predicted octanol–water partition coefficient (Wildman–Crippen LogP) is 2.92. The van der Waals surface area contributed by atoms with E-state index in [0.29, 0.717) is 5.82 Å². The van der Waals surface area contributed by atoms with Crippen molar-refractivity contribution < 1.29 is 9.53 Å². The molecule has 0 saturated heterocycles. The van der Waals surface area contributed by atoms with Crippen LogP contribution in [0.3, 0.4) is 0 Å². The van der Waals surface area contributed by atoms with Crippen molar-refractivity contribution in [3.05, 3.63) is 70.3 Å². The smallest absolute Gasteiger partial charge is 0.358 e. The first kappa shape index (κ1) is 15.1. The molecule has 3 rings (SSSR count). The number of anilines is 1. The number of methoxy groups -OCH3 is 1. The van der Waals surface area contributed by atoms with Gasteiger partial charge in [0.05, 0.1) is 7.11 Å². The number of thiazole rings is 1. The first-order chi connectivity index (χ1) is 11.3. The largest absolute Gasteiger partial charge is 0.464 e. The molecule has 3 aromatic rings. The molecule has 0 bridgehead atoms. The van der Waals surface area contributed by atoms with E-state index < -0.39 is 5.97 Å². The Morgan fingerprint density at radius 3 is 2.61 bits per heavy atom. The van der Waals surface area contributed by atoms with Gasteiger partial charge in [0.2, 0.25) is 0 Å². The fourth-order valence-electron chi connectivity index (χ4n) is 2.08. The average Bonchev–Trinajstić information content (AvgIpc) is 3.14. The van der Waals surface area contributed by atoms with Crippen LogP contribution in [0.1, 0.15) is 27.1 Å². The fraction of sp³-hybridized carbons (Fsp3) is 0.125. The molecule has 23 heavy (non-hydrogen) atoms. The second kappa shape index (κ2) is 6.97. The standard InChI is InChI=1S/C16H14N4O2S/c1-22-16(21)12-7-8-13(20-19-12)18-14(15-17-9-10-23-15)11-5-3-2-4-6-11/h2-10,14H,1H3,(H,18,20). The molecule has 1 atom stereocenters. The monoisotopic (exact) mass is 326 g/mol. The lowest BCUT2D eigenvalue weighted by molar-refractivity contribution is 0.0593. The molecule has 2 heterocycles. The van der Waals surface area contributed by atoms with Gasteiger partial charge < -0.3 is 10.1 Å². The molecule has 1 aromatic carbocycles. The van der Waals surface area contributed by atoms with Crippen LogP contribution in [-0.2, 0) is 4.74 Å². The zero-order valence-electron chi connectivity index (χ0n) is 12.3. The van der Waals surface area contributed by atoms with Gasteiger partial charge in [0.15, 0.2) is 5.69 Å². The van der Waals surface area contributed by atoms with E-state index in [0.717, 1.165) is 10.6 Å². The molecule has 1 N–H and O–H groups in total. The van der Waals surface area contributed by atoms with Crippen molar-refractivity contribution in [1.82, 2.24) is 15.2 Å². The molecule has 0 aliphatic rings. The number of aromatic nitrogens is 3. The first-order valence-electron chi connectivity index (χ1n) is 6.91. The lowest BCUT2D eigenvalue weighted by atomic mass is 10.1. The van der Waals surface area contributed by atoms with Crippen molar-refractivity contribution in [3.8, 4) is 0 Å². The highest BCUT2D eigenvalue weighted by Crippen LogP contribution is 2.27. The van der Waals surface area contributed by atoms with Crippen LogP contribution in [0, 0.1) is 0 Å². The quantitative estimate of drug-likeness (QED) is 0.727. The van der Waals surface area contributed by atoms with Gasteiger partial charge in [0, 0.05) is 11.6 Å². The second-order valence-corrected chi connectivity index (χ2v) is 5.58. The summed E-state index contributed by atoms with van der Waals surface area (Å²) in [5.41, 5.74) is 1.24. The number of rotatable bonds is 5. The Morgan fingerprint density at radius 2 is 2.00 bits per heavy atom. The number of nitrogens with zero attached hydrogens (tertiary/aromatic N) is 3. The maximum absolute atomic E-state index is 11.4. The highest BCUT2D eigenvalue weighted by molar-refractivity contribution is 7.09. The van der Waals surface area contributed by atoms with Crippen LogP contribution >= 0.6 is 11.3 Å². The van der Waals surface area contributed by atoms with Gasteiger partial charge in [-0.2, -0.15) is 0 Å². The van der Waals surface area contributed by atoms with E-state index in [1.54, 1.807) is 29.7 Å². The molecule has 6 nitrogen and oxygen atoms in total. The third-order valence-corrected chi connectivity index (χ3v) is 4.02. The Morgan fingerprint density at radius 1 is 1.17 bits per heavy atom. The first-order valence-corrected chi connectivity index (χ1v) is 7.79. The number of carbonyl (C=O) groups excluding carboxylic acids is 1. The normalized spacial score (nSPS) is 11.7. The molecule has 2 aromatic heterocycles. The maximum atomic E-state index is 11.4. The molecule has 0 amide bonds. The highest BCUT2D eigenvalue weighted by atomic mass is 32.1. The zero-order valence-corrected chi connectivity index (χ0v) is 13.2. The summed E-state index contributed by atoms with van der Waals surface area (Å²) in [7, 11) is 1.31. The Balaban J connectivity index is 1.86. The fourth-order valence-corrected chi connectivity index (χ4v) is 2.79. The summed E-state index contributed by atoms with van der Waals surface area (Å²) in [6.45, 7) is 0. The van der Waals surface area contributed by atoms with Gasteiger partial charge in [-0.3, -0.25) is 0 Å². The van der Waals surface area contributed by atoms with E-state index in [1.807, 2.05) is 35.7 Å². The van der Waals surface area contributed by atoms with Gasteiger partial charge in [-0.1, -0.05) is 30.3 Å². The summed E-state index contributed by atoms with van der Waals surface area (Å²) < 4.78 is 4.62. The third kappa shape index (κ3) is 3.51. The van der Waals surface area contributed by atoms with Crippen molar-refractivity contribution >= 4 is 23.1 Å². The van der Waals surface area contributed by atoms with Crippen LogP contribution in [0.5, 0.6) is 0 Å². The Kier molecular flexibility index (Phi) is 4.58. The van der Waals surface area contributed by atoms with Crippen LogP contribution in [0.4, 0.5) is 5.82 Å². The number of hydrogen-bond donors (Lipinski definition) is 1. The molecule has 0 aliphatic carbocycles. The van der Waals surface area contributed by atoms with Crippen molar-refractivity contribution in [2.75, 3.05) is 12.4 Å². The Bertz CT molecular complexity index is 761. The Labute approximate surface area is 137 Å². The van der Waals surface area contributed by atoms with E-state index in [9.17, 15) is 4.79 Å². The molecule has 0 spiro atoms. The van der Waals surface area contributed by atoms with Gasteiger partial charge in [0.25, 0.3) is 0 Å². The topological polar surface area (TPSA) is 77.0 Å². The SMILES string of the molecule is COC(=O)c1ccc(NC(c2ccccc2)c2nccs2)nn1. The highest BCUT2D eigenvalue weighted by Gasteiger charge is 2.17. The molecule has 116 valence electrons. The van der Waals surface area contributed by atoms with Crippen LogP contribution < -0.4 is 5.32 Å². The minimum Gasteiger partial charge on any atom is -0.464 e. The number of carbonyl (C=O) groups is 1. The van der Waals surface area contributed by atoms with E-state index in [-0.39, 0.29) is 11.7 Å². The summed E-state index contributed by atoms with van der Waals surface area (Å²) >= 11 is 1.56. The van der Waals surface area contributed by atoms with E-state index in [4.69, 9.17) is 0 Å². The number of ether oxygens (including phenoxy) is 1. The van der Waals surface area contributed by atoms with Gasteiger partial charge in [-0.15, -0.1) is 21.5 Å². The molecule has 0 aliphatic heterocycles. The van der Waals surface area contributed by atoms with Crippen LogP contribution in [-0.4, -0.2) is 28.3 Å². The van der Waals surface area contributed by atoms with Crippen LogP contribution in [0.15, 0.2) is 54.0 Å². The second-order valence-electron chi connectivity index (χ2n) is 4.65. The average molecular weight is 326 g/mol.